The van der Waals surface area contributed by atoms with Gasteiger partial charge in [-0.2, -0.15) is 4.33 Å². The van der Waals surface area contributed by atoms with E-state index in [1.807, 2.05) is 0 Å². The van der Waals surface area contributed by atoms with Crippen LogP contribution in [0.4, 0.5) is 11.4 Å². The van der Waals surface area contributed by atoms with Gasteiger partial charge in [0.2, 0.25) is 0 Å². The molecule has 0 radical (unpaired) electrons. The van der Waals surface area contributed by atoms with Crippen molar-refractivity contribution in [2.75, 3.05) is 10.6 Å². The van der Waals surface area contributed by atoms with E-state index in [9.17, 15) is 27.8 Å². The topological polar surface area (TPSA) is 162 Å². The van der Waals surface area contributed by atoms with Gasteiger partial charge in [-0.1, -0.05) is 18.2 Å². The molecule has 0 aromatic heterocycles. The molecule has 10 nitrogen and oxygen atoms in total. The Hall–Kier alpha value is -1.000. The smallest absolute Gasteiger partial charge is 0.744 e. The van der Waals surface area contributed by atoms with E-state index < -0.39 is 32.5 Å². The molecule has 3 aromatic rings. The summed E-state index contributed by atoms with van der Waals surface area (Å²) in [6.07, 6.45) is 0. The normalized spacial score (nSPS) is 13.0. The molecule has 1 aliphatic rings. The Morgan fingerprint density at radius 3 is 2.12 bits per heavy atom. The minimum atomic E-state index is -5.04. The van der Waals surface area contributed by atoms with Crippen LogP contribution in [0, 0.1) is 0 Å². The zero-order chi connectivity index (χ0) is 21.6. The van der Waals surface area contributed by atoms with Gasteiger partial charge < -0.3 is 15.5 Å². The molecule has 14 heteroatoms. The fraction of sp³-hybridized carbons (Fsp3) is 0. The molecule has 1 aliphatic heterocycles. The van der Waals surface area contributed by atoms with Crippen molar-refractivity contribution < 1.29 is 96.3 Å². The van der Waals surface area contributed by atoms with Gasteiger partial charge in [0.15, 0.2) is 0 Å². The first kappa shape index (κ1) is 27.2. The summed E-state index contributed by atoms with van der Waals surface area (Å²) in [6.45, 7) is 0. The van der Waals surface area contributed by atoms with Crippen LogP contribution in [-0.4, -0.2) is 24.8 Å². The van der Waals surface area contributed by atoms with Crippen LogP contribution in [0.15, 0.2) is 58.3 Å². The number of hydrogen-bond donors (Lipinski definition) is 1. The fourth-order valence-corrected chi connectivity index (χ4v) is 4.40. The summed E-state index contributed by atoms with van der Waals surface area (Å²) in [4.78, 5) is 26.5. The molecule has 0 fully saturated rings. The number of nitrogen functional groups attached to an aromatic ring is 1. The first-order valence-electron chi connectivity index (χ1n) is 8.17. The second-order valence-electron chi connectivity index (χ2n) is 6.18. The van der Waals surface area contributed by atoms with Gasteiger partial charge >= 0.3 is 59.1 Å². The first-order valence-corrected chi connectivity index (χ1v) is 10.3. The molecule has 3 aromatic carbocycles. The molecular formula is C18H10N2Na2O8S2. The van der Waals surface area contributed by atoms with Crippen molar-refractivity contribution >= 4 is 56.1 Å². The number of benzene rings is 3. The molecule has 0 atom stereocenters. The van der Waals surface area contributed by atoms with E-state index in [0.717, 1.165) is 11.0 Å². The van der Waals surface area contributed by atoms with Crippen LogP contribution in [0.2, 0.25) is 0 Å². The number of nitrogens with zero attached hydrogens (tertiary/aromatic N) is 1. The van der Waals surface area contributed by atoms with E-state index in [0.29, 0.717) is 12.0 Å². The molecule has 0 saturated heterocycles. The van der Waals surface area contributed by atoms with Crippen LogP contribution in [0.25, 0.3) is 10.8 Å². The van der Waals surface area contributed by atoms with E-state index in [1.165, 1.54) is 24.3 Å². The Morgan fingerprint density at radius 2 is 1.56 bits per heavy atom. The zero-order valence-electron chi connectivity index (χ0n) is 16.7. The maximum atomic E-state index is 13.2. The second-order valence-corrected chi connectivity index (χ2v) is 8.31. The Bertz CT molecular complexity index is 1320. The largest absolute Gasteiger partial charge is 1.00 e. The standard InChI is InChI=1S/C18H12N2O8S2.2Na/c19-16-11-6-10(29-28-27-23)7-12-15(11)13(8-14(16)30(24,25)26)18(22)20(17(12)21)9-4-2-1-3-5-9;;/h1-8,23H,19H2,(H,24,25,26);;/q;2*+1/p-2. The number of nitrogens with two attached hydrogens (primary N) is 1. The third-order valence-electron chi connectivity index (χ3n) is 4.52. The molecule has 0 unspecified atom stereocenters. The van der Waals surface area contributed by atoms with E-state index in [-0.39, 0.29) is 91.6 Å². The van der Waals surface area contributed by atoms with Crippen LogP contribution in [-0.2, 0) is 19.5 Å². The molecule has 0 aliphatic carbocycles. The number of amides is 2. The molecule has 32 heavy (non-hydrogen) atoms. The molecule has 0 saturated carbocycles. The SMILES string of the molecule is Nc1c(S(=O)(=O)[O-])cc2c3c(cc(SOO[O-])cc13)C(=O)N(c1ccccc1)C2=O.[Na+].[Na+]. The number of para-hydroxylation sites is 1. The number of imide groups is 1. The average Bonchev–Trinajstić information content (AvgIpc) is 2.71. The van der Waals surface area contributed by atoms with E-state index >= 15 is 0 Å². The number of anilines is 2. The predicted octanol–water partition coefficient (Wildman–Crippen LogP) is -4.63. The van der Waals surface area contributed by atoms with Gasteiger partial charge in [-0.05, 0) is 30.3 Å². The third-order valence-corrected chi connectivity index (χ3v) is 5.95. The van der Waals surface area contributed by atoms with Gasteiger partial charge in [-0.3, -0.25) is 14.6 Å². The van der Waals surface area contributed by atoms with Crippen LogP contribution < -0.4 is 75.0 Å². The van der Waals surface area contributed by atoms with Gasteiger partial charge in [0.25, 0.3) is 11.8 Å². The summed E-state index contributed by atoms with van der Waals surface area (Å²) in [5, 5.41) is 13.5. The van der Waals surface area contributed by atoms with Gasteiger partial charge in [0.05, 0.1) is 39.4 Å². The van der Waals surface area contributed by atoms with Crippen molar-refractivity contribution in [2.45, 2.75) is 9.79 Å². The summed E-state index contributed by atoms with van der Waals surface area (Å²) >= 11 is 0.443. The second kappa shape index (κ2) is 10.5. The quantitative estimate of drug-likeness (QED) is 0.0697. The number of hydrogen-bond acceptors (Lipinski definition) is 10. The molecule has 4 rings (SSSR count). The summed E-state index contributed by atoms with van der Waals surface area (Å²) < 4.78 is 39.5. The van der Waals surface area contributed by atoms with Gasteiger partial charge in [0, 0.05) is 15.7 Å². The van der Waals surface area contributed by atoms with Crippen molar-refractivity contribution in [3.8, 4) is 0 Å². The van der Waals surface area contributed by atoms with Crippen molar-refractivity contribution in [1.29, 1.82) is 0 Å². The number of carbonyl (C=O) groups is 2. The molecule has 154 valence electrons. The summed E-state index contributed by atoms with van der Waals surface area (Å²) in [6, 6.07) is 11.5. The van der Waals surface area contributed by atoms with Gasteiger partial charge in [-0.15, -0.1) is 0 Å². The van der Waals surface area contributed by atoms with Crippen LogP contribution in [0.3, 0.4) is 0 Å². The maximum absolute atomic E-state index is 13.2. The van der Waals surface area contributed by atoms with E-state index in [1.54, 1.807) is 18.2 Å². The van der Waals surface area contributed by atoms with Gasteiger partial charge in [0.1, 0.15) is 10.1 Å². The van der Waals surface area contributed by atoms with Crippen molar-refractivity contribution in [3.05, 3.63) is 59.7 Å². The Labute approximate surface area is 230 Å². The minimum Gasteiger partial charge on any atom is -0.744 e. The van der Waals surface area contributed by atoms with E-state index in [4.69, 9.17) is 5.73 Å². The fourth-order valence-electron chi connectivity index (χ4n) is 3.32. The Balaban J connectivity index is 0.00000181. The zero-order valence-corrected chi connectivity index (χ0v) is 22.4. The maximum Gasteiger partial charge on any atom is 1.00 e. The molecule has 2 amide bonds. The Kier molecular flexibility index (Phi) is 8.95. The number of carbonyl (C=O) groups excluding carboxylic acids is 2. The van der Waals surface area contributed by atoms with Crippen molar-refractivity contribution in [3.63, 3.8) is 0 Å². The van der Waals surface area contributed by atoms with Crippen LogP contribution in [0.1, 0.15) is 20.7 Å². The van der Waals surface area contributed by atoms with Crippen LogP contribution in [0.5, 0.6) is 0 Å². The first-order chi connectivity index (χ1) is 14.2. The third kappa shape index (κ3) is 4.78. The summed E-state index contributed by atoms with van der Waals surface area (Å²) in [7, 11) is -5.04. The Morgan fingerprint density at radius 1 is 0.969 bits per heavy atom. The molecule has 2 N–H and O–H groups in total. The summed E-state index contributed by atoms with van der Waals surface area (Å²) in [5.41, 5.74) is 5.54. The molecular weight excluding hydrogens is 482 g/mol. The molecule has 1 heterocycles. The van der Waals surface area contributed by atoms with Crippen molar-refractivity contribution in [1.82, 2.24) is 0 Å². The predicted molar refractivity (Wildman–Crippen MR) is 102 cm³/mol. The van der Waals surface area contributed by atoms with E-state index in [2.05, 4.69) is 9.37 Å². The monoisotopic (exact) mass is 492 g/mol. The minimum absolute atomic E-state index is 0. The van der Waals surface area contributed by atoms with Crippen LogP contribution >= 0.6 is 12.0 Å². The van der Waals surface area contributed by atoms with Gasteiger partial charge in [-0.25, -0.2) is 13.3 Å². The van der Waals surface area contributed by atoms with Crippen molar-refractivity contribution in [2.24, 2.45) is 0 Å². The number of rotatable bonds is 5. The molecule has 0 bridgehead atoms. The average molecular weight is 492 g/mol. The molecule has 0 spiro atoms. The summed E-state index contributed by atoms with van der Waals surface area (Å²) in [5.74, 6) is -1.51.